The fourth-order valence-electron chi connectivity index (χ4n) is 1.62. The lowest BCUT2D eigenvalue weighted by Crippen LogP contribution is -2.26. The number of aliphatic hydroxyl groups is 1. The third kappa shape index (κ3) is 3.21. The summed E-state index contributed by atoms with van der Waals surface area (Å²) in [4.78, 5) is 11.0. The van der Waals surface area contributed by atoms with Crippen LogP contribution < -0.4 is 0 Å². The van der Waals surface area contributed by atoms with Crippen molar-refractivity contribution in [3.05, 3.63) is 34.1 Å². The average molecular weight is 275 g/mol. The van der Waals surface area contributed by atoms with Gasteiger partial charge < -0.3 is 10.2 Å². The first-order valence-electron chi connectivity index (χ1n) is 5.52. The number of carboxylic acid groups (broad SMARTS) is 1. The third-order valence-electron chi connectivity index (χ3n) is 2.92. The number of carbonyl (C=O) groups is 1. The Morgan fingerprint density at radius 1 is 1.50 bits per heavy atom. The number of benzene rings is 1. The van der Waals surface area contributed by atoms with Crippen LogP contribution in [0.1, 0.15) is 37.5 Å². The number of rotatable bonds is 4. The van der Waals surface area contributed by atoms with Crippen LogP contribution in [0, 0.1) is 18.2 Å². The molecule has 5 heteroatoms. The largest absolute Gasteiger partial charge is 0.481 e. The molecule has 100 valence electrons. The first-order valence-corrected chi connectivity index (χ1v) is 5.90. The molecule has 0 amide bonds. The van der Waals surface area contributed by atoms with Crippen LogP contribution in [0.15, 0.2) is 12.1 Å². The molecular formula is C13H16ClFO3. The molecule has 0 saturated carbocycles. The highest BCUT2D eigenvalue weighted by atomic mass is 35.5. The van der Waals surface area contributed by atoms with E-state index in [0.29, 0.717) is 11.1 Å². The minimum Gasteiger partial charge on any atom is -0.481 e. The summed E-state index contributed by atoms with van der Waals surface area (Å²) < 4.78 is 13.2. The number of aliphatic hydroxyl groups excluding tert-OH is 1. The fourth-order valence-corrected chi connectivity index (χ4v) is 1.89. The van der Waals surface area contributed by atoms with E-state index in [1.54, 1.807) is 6.92 Å². The van der Waals surface area contributed by atoms with Crippen molar-refractivity contribution in [2.75, 3.05) is 0 Å². The minimum atomic E-state index is -1.08. The van der Waals surface area contributed by atoms with Gasteiger partial charge in [-0.15, -0.1) is 0 Å². The van der Waals surface area contributed by atoms with Gasteiger partial charge in [-0.1, -0.05) is 11.6 Å². The van der Waals surface area contributed by atoms with E-state index in [2.05, 4.69) is 0 Å². The van der Waals surface area contributed by atoms with Gasteiger partial charge in [0.05, 0.1) is 11.5 Å². The van der Waals surface area contributed by atoms with Crippen molar-refractivity contribution in [2.45, 2.75) is 33.3 Å². The first-order chi connectivity index (χ1) is 8.15. The van der Waals surface area contributed by atoms with Gasteiger partial charge in [0.25, 0.3) is 0 Å². The molecule has 0 aromatic heterocycles. The van der Waals surface area contributed by atoms with Gasteiger partial charge in [-0.05, 0) is 50.5 Å². The van der Waals surface area contributed by atoms with Gasteiger partial charge in [0.15, 0.2) is 0 Å². The summed E-state index contributed by atoms with van der Waals surface area (Å²) in [7, 11) is 0. The van der Waals surface area contributed by atoms with Crippen LogP contribution in [0.25, 0.3) is 0 Å². The highest BCUT2D eigenvalue weighted by Gasteiger charge is 2.31. The molecule has 3 nitrogen and oxygen atoms in total. The summed E-state index contributed by atoms with van der Waals surface area (Å²) in [5, 5.41) is 19.1. The van der Waals surface area contributed by atoms with Crippen molar-refractivity contribution >= 4 is 17.6 Å². The van der Waals surface area contributed by atoms with Crippen LogP contribution in [-0.4, -0.2) is 16.2 Å². The zero-order valence-corrected chi connectivity index (χ0v) is 11.3. The third-order valence-corrected chi connectivity index (χ3v) is 3.25. The predicted molar refractivity (Wildman–Crippen MR) is 67.1 cm³/mol. The zero-order valence-electron chi connectivity index (χ0n) is 10.5. The Morgan fingerprint density at radius 3 is 2.56 bits per heavy atom. The average Bonchev–Trinajstić information content (AvgIpc) is 2.22. The molecule has 1 aromatic carbocycles. The molecule has 18 heavy (non-hydrogen) atoms. The first kappa shape index (κ1) is 14.9. The molecule has 0 fully saturated rings. The van der Waals surface area contributed by atoms with Crippen LogP contribution >= 0.6 is 11.6 Å². The molecule has 2 N–H and O–H groups in total. The Hall–Kier alpha value is -1.13. The standard InChI is InChI=1S/C13H16ClFO3/c1-7-4-8(9(14)5-10(7)15)11(16)6-13(2,3)12(17)18/h4-5,11,16H,6H2,1-3H3,(H,17,18). The van der Waals surface area contributed by atoms with Crippen molar-refractivity contribution in [1.29, 1.82) is 0 Å². The van der Waals surface area contributed by atoms with Crippen molar-refractivity contribution in [3.8, 4) is 0 Å². The normalized spacial score (nSPS) is 13.4. The molecule has 0 aliphatic heterocycles. The quantitative estimate of drug-likeness (QED) is 0.885. The molecule has 0 aliphatic carbocycles. The van der Waals surface area contributed by atoms with Crippen LogP contribution in [-0.2, 0) is 4.79 Å². The molecule has 0 radical (unpaired) electrons. The van der Waals surface area contributed by atoms with E-state index in [-0.39, 0.29) is 11.4 Å². The van der Waals surface area contributed by atoms with E-state index in [1.165, 1.54) is 19.9 Å². The summed E-state index contributed by atoms with van der Waals surface area (Å²) in [6, 6.07) is 2.57. The Morgan fingerprint density at radius 2 is 2.06 bits per heavy atom. The van der Waals surface area contributed by atoms with Crippen LogP contribution in [0.2, 0.25) is 5.02 Å². The maximum Gasteiger partial charge on any atom is 0.309 e. The Balaban J connectivity index is 3.01. The van der Waals surface area contributed by atoms with Crippen LogP contribution in [0.5, 0.6) is 0 Å². The summed E-state index contributed by atoms with van der Waals surface area (Å²) in [6.45, 7) is 4.59. The topological polar surface area (TPSA) is 57.5 Å². The smallest absolute Gasteiger partial charge is 0.309 e. The molecular weight excluding hydrogens is 259 g/mol. The monoisotopic (exact) mass is 274 g/mol. The lowest BCUT2D eigenvalue weighted by molar-refractivity contribution is -0.148. The Labute approximate surface area is 110 Å². The van der Waals surface area contributed by atoms with Crippen molar-refractivity contribution < 1.29 is 19.4 Å². The molecule has 1 atom stereocenters. The number of halogens is 2. The Bertz CT molecular complexity index is 472. The second-order valence-electron chi connectivity index (χ2n) is 5.03. The molecule has 1 aromatic rings. The molecule has 0 bridgehead atoms. The lowest BCUT2D eigenvalue weighted by atomic mass is 9.84. The highest BCUT2D eigenvalue weighted by Crippen LogP contribution is 2.34. The van der Waals surface area contributed by atoms with E-state index in [0.717, 1.165) is 6.07 Å². The zero-order chi connectivity index (χ0) is 14.1. The molecule has 0 heterocycles. The van der Waals surface area contributed by atoms with Crippen LogP contribution in [0.4, 0.5) is 4.39 Å². The molecule has 0 spiro atoms. The summed E-state index contributed by atoms with van der Waals surface area (Å²) in [6.07, 6.45) is -1.03. The van der Waals surface area contributed by atoms with E-state index < -0.39 is 23.3 Å². The number of aliphatic carboxylic acids is 1. The van der Waals surface area contributed by atoms with Crippen LogP contribution in [0.3, 0.4) is 0 Å². The maximum atomic E-state index is 13.2. The van der Waals surface area contributed by atoms with Gasteiger partial charge in [-0.25, -0.2) is 4.39 Å². The SMILES string of the molecule is Cc1cc(C(O)CC(C)(C)C(=O)O)c(Cl)cc1F. The minimum absolute atomic E-state index is 0.00707. The molecule has 0 aliphatic rings. The van der Waals surface area contributed by atoms with Gasteiger partial charge in [-0.3, -0.25) is 4.79 Å². The fraction of sp³-hybridized carbons (Fsp3) is 0.462. The maximum absolute atomic E-state index is 13.2. The lowest BCUT2D eigenvalue weighted by Gasteiger charge is -2.23. The molecule has 1 rings (SSSR count). The van der Waals surface area contributed by atoms with Gasteiger partial charge in [-0.2, -0.15) is 0 Å². The van der Waals surface area contributed by atoms with Gasteiger partial charge in [0.1, 0.15) is 5.82 Å². The number of carboxylic acids is 1. The van der Waals surface area contributed by atoms with E-state index >= 15 is 0 Å². The number of hydrogen-bond acceptors (Lipinski definition) is 2. The number of aryl methyl sites for hydroxylation is 1. The van der Waals surface area contributed by atoms with E-state index in [4.69, 9.17) is 16.7 Å². The molecule has 1 unspecified atom stereocenters. The van der Waals surface area contributed by atoms with Gasteiger partial charge in [0.2, 0.25) is 0 Å². The summed E-state index contributed by atoms with van der Waals surface area (Å²) in [5.74, 6) is -1.45. The second-order valence-corrected chi connectivity index (χ2v) is 5.44. The summed E-state index contributed by atoms with van der Waals surface area (Å²) in [5.41, 5.74) is -0.364. The Kier molecular flexibility index (Phi) is 4.35. The number of hydrogen-bond donors (Lipinski definition) is 2. The van der Waals surface area contributed by atoms with Crippen molar-refractivity contribution in [1.82, 2.24) is 0 Å². The van der Waals surface area contributed by atoms with Crippen molar-refractivity contribution in [2.24, 2.45) is 5.41 Å². The van der Waals surface area contributed by atoms with Gasteiger partial charge >= 0.3 is 5.97 Å². The van der Waals surface area contributed by atoms with E-state index in [9.17, 15) is 14.3 Å². The highest BCUT2D eigenvalue weighted by molar-refractivity contribution is 6.31. The van der Waals surface area contributed by atoms with Crippen molar-refractivity contribution in [3.63, 3.8) is 0 Å². The van der Waals surface area contributed by atoms with E-state index in [1.807, 2.05) is 0 Å². The second kappa shape index (κ2) is 5.24. The predicted octanol–water partition coefficient (Wildman–Crippen LogP) is 3.32. The van der Waals surface area contributed by atoms with Gasteiger partial charge in [0, 0.05) is 5.02 Å². The molecule has 0 saturated heterocycles. The summed E-state index contributed by atoms with van der Waals surface area (Å²) >= 11 is 5.86.